The average Bonchev–Trinajstić information content (AvgIpc) is 2.66. The molecular formula is C11H18ClN5OSi. The van der Waals surface area contributed by atoms with Crippen LogP contribution in [0.25, 0.3) is 11.0 Å². The summed E-state index contributed by atoms with van der Waals surface area (Å²) in [4.78, 5) is 8.01. The molecular weight excluding hydrogens is 282 g/mol. The normalized spacial score (nSPS) is 12.2. The molecule has 0 aliphatic heterocycles. The Bertz CT molecular complexity index is 580. The van der Waals surface area contributed by atoms with Gasteiger partial charge in [-0.1, -0.05) is 19.6 Å². The van der Waals surface area contributed by atoms with E-state index >= 15 is 0 Å². The van der Waals surface area contributed by atoms with Crippen LogP contribution in [0, 0.1) is 0 Å². The highest BCUT2D eigenvalue weighted by atomic mass is 35.5. The van der Waals surface area contributed by atoms with E-state index in [9.17, 15) is 0 Å². The minimum atomic E-state index is -1.07. The second-order valence-electron chi connectivity index (χ2n) is 5.61. The van der Waals surface area contributed by atoms with Gasteiger partial charge in [0.2, 0.25) is 5.28 Å². The van der Waals surface area contributed by atoms with Crippen LogP contribution in [-0.2, 0) is 11.5 Å². The van der Waals surface area contributed by atoms with Crippen molar-refractivity contribution >= 4 is 36.5 Å². The summed E-state index contributed by atoms with van der Waals surface area (Å²) in [6.45, 7) is 8.01. The molecule has 0 atom stereocenters. The summed E-state index contributed by atoms with van der Waals surface area (Å²) < 4.78 is 7.28. The first kappa shape index (κ1) is 14.2. The molecule has 2 heterocycles. The molecule has 2 aromatic heterocycles. The maximum absolute atomic E-state index is 5.80. The molecule has 0 fully saturated rings. The standard InChI is InChI=1S/C11H18ClN5OSi/c1-19(2,3)5-4-18-7-17-10-8(6-14-17)9(13)15-11(12)16-10/h6H,4-5,7H2,1-3H3,(H2,13,15,16). The van der Waals surface area contributed by atoms with Crippen molar-refractivity contribution in [3.8, 4) is 0 Å². The summed E-state index contributed by atoms with van der Waals surface area (Å²) in [5, 5.41) is 5.01. The van der Waals surface area contributed by atoms with E-state index in [-0.39, 0.29) is 5.28 Å². The first-order valence-electron chi connectivity index (χ1n) is 6.09. The number of fused-ring (bicyclic) bond motifs is 1. The third-order valence-electron chi connectivity index (χ3n) is 2.71. The van der Waals surface area contributed by atoms with Crippen molar-refractivity contribution in [3.05, 3.63) is 11.5 Å². The number of nitrogens with two attached hydrogens (primary N) is 1. The predicted molar refractivity (Wildman–Crippen MR) is 78.9 cm³/mol. The molecule has 0 aliphatic rings. The fourth-order valence-corrected chi connectivity index (χ4v) is 2.50. The maximum atomic E-state index is 5.80. The molecule has 8 heteroatoms. The Labute approximate surface area is 117 Å². The lowest BCUT2D eigenvalue weighted by Gasteiger charge is -2.15. The number of nitrogens with zero attached hydrogens (tertiary/aromatic N) is 4. The Morgan fingerprint density at radius 3 is 2.79 bits per heavy atom. The average molecular weight is 300 g/mol. The van der Waals surface area contributed by atoms with Crippen LogP contribution >= 0.6 is 11.6 Å². The van der Waals surface area contributed by atoms with Gasteiger partial charge in [-0.2, -0.15) is 10.1 Å². The monoisotopic (exact) mass is 299 g/mol. The van der Waals surface area contributed by atoms with Gasteiger partial charge in [-0.3, -0.25) is 0 Å². The highest BCUT2D eigenvalue weighted by molar-refractivity contribution is 6.76. The van der Waals surface area contributed by atoms with Crippen molar-refractivity contribution in [2.75, 3.05) is 12.3 Å². The van der Waals surface area contributed by atoms with Crippen molar-refractivity contribution in [1.82, 2.24) is 19.7 Å². The van der Waals surface area contributed by atoms with Crippen molar-refractivity contribution in [3.63, 3.8) is 0 Å². The lowest BCUT2D eigenvalue weighted by Crippen LogP contribution is -2.22. The molecule has 104 valence electrons. The zero-order chi connectivity index (χ0) is 14.0. The number of hydrogen-bond donors (Lipinski definition) is 1. The molecule has 0 spiro atoms. The molecule has 6 nitrogen and oxygen atoms in total. The van der Waals surface area contributed by atoms with Gasteiger partial charge in [0.1, 0.15) is 12.5 Å². The third-order valence-corrected chi connectivity index (χ3v) is 4.58. The van der Waals surface area contributed by atoms with Gasteiger partial charge >= 0.3 is 0 Å². The fraction of sp³-hybridized carbons (Fsp3) is 0.545. The minimum absolute atomic E-state index is 0.119. The smallest absolute Gasteiger partial charge is 0.226 e. The van der Waals surface area contributed by atoms with Gasteiger partial charge in [-0.15, -0.1) is 0 Å². The molecule has 19 heavy (non-hydrogen) atoms. The van der Waals surface area contributed by atoms with E-state index < -0.39 is 8.07 Å². The molecule has 0 aromatic carbocycles. The first-order chi connectivity index (χ1) is 8.87. The number of ether oxygens (including phenoxy) is 1. The Balaban J connectivity index is 2.05. The molecule has 0 bridgehead atoms. The van der Waals surface area contributed by atoms with Crippen molar-refractivity contribution in [1.29, 1.82) is 0 Å². The van der Waals surface area contributed by atoms with E-state index in [1.807, 2.05) is 0 Å². The summed E-state index contributed by atoms with van der Waals surface area (Å²) in [7, 11) is -1.07. The van der Waals surface area contributed by atoms with Crippen molar-refractivity contribution in [2.24, 2.45) is 0 Å². The van der Waals surface area contributed by atoms with Gasteiger partial charge in [0.15, 0.2) is 5.65 Å². The predicted octanol–water partition coefficient (Wildman–Crippen LogP) is 2.37. The zero-order valence-electron chi connectivity index (χ0n) is 11.4. The van der Waals surface area contributed by atoms with E-state index in [1.165, 1.54) is 0 Å². The van der Waals surface area contributed by atoms with Crippen LogP contribution in [0.5, 0.6) is 0 Å². The van der Waals surface area contributed by atoms with Gasteiger partial charge in [-0.05, 0) is 17.6 Å². The zero-order valence-corrected chi connectivity index (χ0v) is 13.1. The van der Waals surface area contributed by atoms with Crippen LogP contribution in [0.1, 0.15) is 0 Å². The van der Waals surface area contributed by atoms with Crippen LogP contribution in [0.3, 0.4) is 0 Å². The van der Waals surface area contributed by atoms with Crippen LogP contribution < -0.4 is 5.73 Å². The number of aromatic nitrogens is 4. The summed E-state index contributed by atoms with van der Waals surface area (Å²) in [6, 6.07) is 1.12. The Morgan fingerprint density at radius 1 is 1.37 bits per heavy atom. The van der Waals surface area contributed by atoms with Gasteiger partial charge in [0.05, 0.1) is 11.6 Å². The van der Waals surface area contributed by atoms with Crippen LogP contribution in [0.15, 0.2) is 6.20 Å². The number of nitrogen functional groups attached to an aromatic ring is 1. The second kappa shape index (κ2) is 5.44. The molecule has 0 saturated heterocycles. The molecule has 0 aliphatic carbocycles. The number of anilines is 1. The molecule has 2 N–H and O–H groups in total. The Kier molecular flexibility index (Phi) is 4.07. The Hall–Kier alpha value is -1.18. The SMILES string of the molecule is C[Si](C)(C)CCOCn1ncc2c(N)nc(Cl)nc21. The van der Waals surface area contributed by atoms with Crippen molar-refractivity contribution in [2.45, 2.75) is 32.4 Å². The highest BCUT2D eigenvalue weighted by Crippen LogP contribution is 2.19. The highest BCUT2D eigenvalue weighted by Gasteiger charge is 2.13. The van der Waals surface area contributed by atoms with E-state index in [2.05, 4.69) is 34.7 Å². The molecule has 0 amide bonds. The largest absolute Gasteiger partial charge is 0.383 e. The van der Waals surface area contributed by atoms with Crippen LogP contribution in [0.4, 0.5) is 5.82 Å². The molecule has 0 saturated carbocycles. The maximum Gasteiger partial charge on any atom is 0.226 e. The third kappa shape index (κ3) is 3.65. The van der Waals surface area contributed by atoms with E-state index in [4.69, 9.17) is 22.1 Å². The van der Waals surface area contributed by atoms with E-state index in [0.29, 0.717) is 23.6 Å². The van der Waals surface area contributed by atoms with Crippen molar-refractivity contribution < 1.29 is 4.74 Å². The van der Waals surface area contributed by atoms with E-state index in [0.717, 1.165) is 12.7 Å². The van der Waals surface area contributed by atoms with Gasteiger partial charge in [0, 0.05) is 14.7 Å². The number of hydrogen-bond acceptors (Lipinski definition) is 5. The lowest BCUT2D eigenvalue weighted by atomic mass is 10.4. The number of rotatable bonds is 5. The number of halogens is 1. The molecule has 2 rings (SSSR count). The summed E-state index contributed by atoms with van der Waals surface area (Å²) in [5.74, 6) is 0.336. The minimum Gasteiger partial charge on any atom is -0.383 e. The topological polar surface area (TPSA) is 78.9 Å². The first-order valence-corrected chi connectivity index (χ1v) is 10.2. The fourth-order valence-electron chi connectivity index (χ4n) is 1.57. The van der Waals surface area contributed by atoms with E-state index in [1.54, 1.807) is 10.9 Å². The lowest BCUT2D eigenvalue weighted by molar-refractivity contribution is 0.0813. The van der Waals surface area contributed by atoms with Gasteiger partial charge in [0.25, 0.3) is 0 Å². The van der Waals surface area contributed by atoms with Gasteiger partial charge < -0.3 is 10.5 Å². The van der Waals surface area contributed by atoms with Crippen LogP contribution in [-0.4, -0.2) is 34.4 Å². The summed E-state index contributed by atoms with van der Waals surface area (Å²) in [5.41, 5.74) is 6.36. The van der Waals surface area contributed by atoms with Gasteiger partial charge in [-0.25, -0.2) is 9.67 Å². The molecule has 0 radical (unpaired) electrons. The quantitative estimate of drug-likeness (QED) is 0.521. The molecule has 2 aromatic rings. The van der Waals surface area contributed by atoms with Crippen LogP contribution in [0.2, 0.25) is 31.0 Å². The summed E-state index contributed by atoms with van der Waals surface area (Å²) in [6.07, 6.45) is 1.63. The second-order valence-corrected chi connectivity index (χ2v) is 11.6. The molecule has 0 unspecified atom stereocenters. The summed E-state index contributed by atoms with van der Waals surface area (Å²) >= 11 is 5.80. The Morgan fingerprint density at radius 2 is 2.11 bits per heavy atom.